The maximum atomic E-state index is 12.4. The standard InChI is InChI=1S/C18H26N2O4/c1-14(2)19(12-17(21)22)11-16-9-6-10-20(16)18(23)24-13-15-7-4-3-5-8-15/h3-5,7-8,14,16H,6,9-13H2,1-2H3,(H,21,22). The van der Waals surface area contributed by atoms with Crippen molar-refractivity contribution in [2.45, 2.75) is 45.4 Å². The molecule has 6 nitrogen and oxygen atoms in total. The number of carbonyl (C=O) groups is 2. The summed E-state index contributed by atoms with van der Waals surface area (Å²) in [6, 6.07) is 9.70. The molecule has 24 heavy (non-hydrogen) atoms. The molecule has 6 heteroatoms. The van der Waals surface area contributed by atoms with Crippen LogP contribution in [0.5, 0.6) is 0 Å². The first kappa shape index (κ1) is 18.3. The van der Waals surface area contributed by atoms with E-state index in [0.717, 1.165) is 18.4 Å². The fraction of sp³-hybridized carbons (Fsp3) is 0.556. The van der Waals surface area contributed by atoms with Crippen molar-refractivity contribution < 1.29 is 19.4 Å². The lowest BCUT2D eigenvalue weighted by atomic mass is 10.2. The van der Waals surface area contributed by atoms with Gasteiger partial charge in [-0.15, -0.1) is 0 Å². The molecule has 132 valence electrons. The molecule has 1 heterocycles. The third-order valence-corrected chi connectivity index (χ3v) is 4.33. The number of hydrogen-bond donors (Lipinski definition) is 1. The highest BCUT2D eigenvalue weighted by atomic mass is 16.6. The summed E-state index contributed by atoms with van der Waals surface area (Å²) in [7, 11) is 0. The van der Waals surface area contributed by atoms with Gasteiger partial charge in [0.05, 0.1) is 6.54 Å². The highest BCUT2D eigenvalue weighted by molar-refractivity contribution is 5.69. The van der Waals surface area contributed by atoms with Crippen LogP contribution in [0.1, 0.15) is 32.3 Å². The van der Waals surface area contributed by atoms with Crippen LogP contribution in [0, 0.1) is 0 Å². The summed E-state index contributed by atoms with van der Waals surface area (Å²) in [6.07, 6.45) is 1.48. The van der Waals surface area contributed by atoms with E-state index in [2.05, 4.69) is 0 Å². The summed E-state index contributed by atoms with van der Waals surface area (Å²) < 4.78 is 5.42. The largest absolute Gasteiger partial charge is 0.480 e. The van der Waals surface area contributed by atoms with Gasteiger partial charge in [-0.05, 0) is 32.3 Å². The van der Waals surface area contributed by atoms with Crippen molar-refractivity contribution in [2.75, 3.05) is 19.6 Å². The molecule has 0 radical (unpaired) electrons. The number of carboxylic acids is 1. The fourth-order valence-corrected chi connectivity index (χ4v) is 2.97. The lowest BCUT2D eigenvalue weighted by Gasteiger charge is -2.31. The number of benzene rings is 1. The van der Waals surface area contributed by atoms with Crippen molar-refractivity contribution in [3.05, 3.63) is 35.9 Å². The summed E-state index contributed by atoms with van der Waals surface area (Å²) in [5, 5.41) is 9.05. The van der Waals surface area contributed by atoms with E-state index in [-0.39, 0.29) is 31.3 Å². The van der Waals surface area contributed by atoms with Crippen LogP contribution in [0.4, 0.5) is 4.79 Å². The Balaban J connectivity index is 1.91. The van der Waals surface area contributed by atoms with E-state index >= 15 is 0 Å². The molecule has 0 spiro atoms. The smallest absolute Gasteiger partial charge is 0.410 e. The van der Waals surface area contributed by atoms with Crippen LogP contribution in [0.3, 0.4) is 0 Å². The minimum absolute atomic E-state index is 0.00928. The predicted molar refractivity (Wildman–Crippen MR) is 90.7 cm³/mol. The zero-order valence-corrected chi connectivity index (χ0v) is 14.4. The van der Waals surface area contributed by atoms with Gasteiger partial charge in [-0.3, -0.25) is 9.69 Å². The topological polar surface area (TPSA) is 70.1 Å². The molecule has 0 saturated carbocycles. The van der Waals surface area contributed by atoms with Gasteiger partial charge in [0, 0.05) is 25.2 Å². The van der Waals surface area contributed by atoms with E-state index < -0.39 is 5.97 Å². The second-order valence-electron chi connectivity index (χ2n) is 6.45. The van der Waals surface area contributed by atoms with Crippen LogP contribution in [0.25, 0.3) is 0 Å². The number of carboxylic acid groups (broad SMARTS) is 1. The van der Waals surface area contributed by atoms with Crippen molar-refractivity contribution in [3.63, 3.8) is 0 Å². The Morgan fingerprint density at radius 3 is 2.67 bits per heavy atom. The third kappa shape index (κ3) is 5.23. The van der Waals surface area contributed by atoms with Crippen molar-refractivity contribution in [1.29, 1.82) is 0 Å². The van der Waals surface area contributed by atoms with Crippen LogP contribution in [0.2, 0.25) is 0 Å². The lowest BCUT2D eigenvalue weighted by Crippen LogP contribution is -2.47. The van der Waals surface area contributed by atoms with Gasteiger partial charge in [0.15, 0.2) is 0 Å². The van der Waals surface area contributed by atoms with Crippen molar-refractivity contribution in [3.8, 4) is 0 Å². The molecule has 0 bridgehead atoms. The first-order chi connectivity index (χ1) is 11.5. The Kier molecular flexibility index (Phi) is 6.61. The van der Waals surface area contributed by atoms with Gasteiger partial charge in [-0.2, -0.15) is 0 Å². The van der Waals surface area contributed by atoms with Gasteiger partial charge >= 0.3 is 12.1 Å². The normalized spacial score (nSPS) is 17.5. The van der Waals surface area contributed by atoms with Crippen LogP contribution in [0.15, 0.2) is 30.3 Å². The Morgan fingerprint density at radius 1 is 1.33 bits per heavy atom. The Hall–Kier alpha value is -2.08. The van der Waals surface area contributed by atoms with E-state index in [9.17, 15) is 9.59 Å². The Morgan fingerprint density at radius 2 is 2.04 bits per heavy atom. The van der Waals surface area contributed by atoms with E-state index in [1.165, 1.54) is 0 Å². The molecule has 1 aliphatic rings. The maximum Gasteiger partial charge on any atom is 0.410 e. The number of ether oxygens (including phenoxy) is 1. The Labute approximate surface area is 143 Å². The number of carbonyl (C=O) groups excluding carboxylic acids is 1. The maximum absolute atomic E-state index is 12.4. The van der Waals surface area contributed by atoms with Crippen molar-refractivity contribution >= 4 is 12.1 Å². The average molecular weight is 334 g/mol. The molecule has 1 amide bonds. The third-order valence-electron chi connectivity index (χ3n) is 4.33. The molecule has 1 saturated heterocycles. The number of aliphatic carboxylic acids is 1. The summed E-state index contributed by atoms with van der Waals surface area (Å²) >= 11 is 0. The first-order valence-electron chi connectivity index (χ1n) is 8.40. The molecular weight excluding hydrogens is 308 g/mol. The van der Waals surface area contributed by atoms with Gasteiger partial charge in [0.1, 0.15) is 6.61 Å². The SMILES string of the molecule is CC(C)N(CC(=O)O)CC1CCCN1C(=O)OCc1ccccc1. The summed E-state index contributed by atoms with van der Waals surface area (Å²) in [6.45, 7) is 5.40. The number of hydrogen-bond acceptors (Lipinski definition) is 4. The molecule has 1 unspecified atom stereocenters. The van der Waals surface area contributed by atoms with E-state index in [0.29, 0.717) is 13.1 Å². The van der Waals surface area contributed by atoms with E-state index in [1.54, 1.807) is 4.90 Å². The van der Waals surface area contributed by atoms with Crippen LogP contribution < -0.4 is 0 Å². The zero-order chi connectivity index (χ0) is 17.5. The zero-order valence-electron chi connectivity index (χ0n) is 14.4. The molecular formula is C18H26N2O4. The molecule has 1 aromatic carbocycles. The molecule has 0 aromatic heterocycles. The van der Waals surface area contributed by atoms with Gasteiger partial charge < -0.3 is 14.7 Å². The average Bonchev–Trinajstić information content (AvgIpc) is 3.01. The summed E-state index contributed by atoms with van der Waals surface area (Å²) in [5.74, 6) is -0.847. The van der Waals surface area contributed by atoms with E-state index in [1.807, 2.05) is 49.1 Å². The predicted octanol–water partition coefficient (Wildman–Crippen LogP) is 2.58. The highest BCUT2D eigenvalue weighted by Crippen LogP contribution is 2.20. The fourth-order valence-electron chi connectivity index (χ4n) is 2.97. The molecule has 1 N–H and O–H groups in total. The summed E-state index contributed by atoms with van der Waals surface area (Å²) in [4.78, 5) is 27.0. The van der Waals surface area contributed by atoms with Gasteiger partial charge in [0.2, 0.25) is 0 Å². The summed E-state index contributed by atoms with van der Waals surface area (Å²) in [5.41, 5.74) is 0.955. The minimum Gasteiger partial charge on any atom is -0.480 e. The molecule has 1 fully saturated rings. The van der Waals surface area contributed by atoms with E-state index in [4.69, 9.17) is 9.84 Å². The van der Waals surface area contributed by atoms with Crippen molar-refractivity contribution in [1.82, 2.24) is 9.80 Å². The van der Waals surface area contributed by atoms with Gasteiger partial charge in [-0.25, -0.2) is 4.79 Å². The molecule has 0 aliphatic carbocycles. The number of amides is 1. The van der Waals surface area contributed by atoms with Crippen LogP contribution >= 0.6 is 0 Å². The second-order valence-corrected chi connectivity index (χ2v) is 6.45. The van der Waals surface area contributed by atoms with Gasteiger partial charge in [0.25, 0.3) is 0 Å². The van der Waals surface area contributed by atoms with Crippen LogP contribution in [-0.2, 0) is 16.1 Å². The monoisotopic (exact) mass is 334 g/mol. The van der Waals surface area contributed by atoms with Crippen molar-refractivity contribution in [2.24, 2.45) is 0 Å². The second kappa shape index (κ2) is 8.68. The number of nitrogens with zero attached hydrogens (tertiary/aromatic N) is 2. The van der Waals surface area contributed by atoms with Crippen LogP contribution in [-0.4, -0.2) is 58.7 Å². The number of rotatable bonds is 7. The molecule has 1 aliphatic heterocycles. The lowest BCUT2D eigenvalue weighted by molar-refractivity contribution is -0.138. The molecule has 1 atom stereocenters. The molecule has 2 rings (SSSR count). The minimum atomic E-state index is -0.847. The molecule has 1 aromatic rings. The Bertz CT molecular complexity index is 547. The number of likely N-dealkylation sites (tertiary alicyclic amines) is 1. The van der Waals surface area contributed by atoms with Gasteiger partial charge in [-0.1, -0.05) is 30.3 Å². The highest BCUT2D eigenvalue weighted by Gasteiger charge is 2.32. The quantitative estimate of drug-likeness (QED) is 0.830. The first-order valence-corrected chi connectivity index (χ1v) is 8.40.